The van der Waals surface area contributed by atoms with E-state index >= 15 is 0 Å². The summed E-state index contributed by atoms with van der Waals surface area (Å²) in [6, 6.07) is 8.58. The third-order valence-corrected chi connectivity index (χ3v) is 3.10. The lowest BCUT2D eigenvalue weighted by Gasteiger charge is -2.37. The maximum absolute atomic E-state index is 5.81. The molecule has 1 aromatic rings. The van der Waals surface area contributed by atoms with Gasteiger partial charge in [0.25, 0.3) is 0 Å². The van der Waals surface area contributed by atoms with E-state index in [2.05, 4.69) is 36.5 Å². The molecule has 0 unspecified atom stereocenters. The molecule has 0 radical (unpaired) electrons. The van der Waals surface area contributed by atoms with Gasteiger partial charge in [-0.3, -0.25) is 0 Å². The molecule has 0 atom stereocenters. The van der Waals surface area contributed by atoms with E-state index in [1.165, 1.54) is 5.56 Å². The van der Waals surface area contributed by atoms with Crippen molar-refractivity contribution in [2.45, 2.75) is 25.7 Å². The minimum atomic E-state index is -0.596. The van der Waals surface area contributed by atoms with Crippen LogP contribution in [0.25, 0.3) is 0 Å². The average Bonchev–Trinajstić information content (AvgIpc) is 2.31. The molecule has 1 N–H and O–H groups in total. The van der Waals surface area contributed by atoms with E-state index in [9.17, 15) is 0 Å². The Morgan fingerprint density at radius 2 is 1.75 bits per heavy atom. The highest BCUT2D eigenvalue weighted by molar-refractivity contribution is 5.24. The molecule has 1 aliphatic heterocycles. The van der Waals surface area contributed by atoms with Gasteiger partial charge in [-0.2, -0.15) is 0 Å². The second-order valence-corrected chi connectivity index (χ2v) is 4.42. The van der Waals surface area contributed by atoms with Gasteiger partial charge >= 0.3 is 0 Å². The molecule has 0 amide bonds. The first kappa shape index (κ1) is 11.6. The van der Waals surface area contributed by atoms with Gasteiger partial charge in [0.15, 0.2) is 5.79 Å². The van der Waals surface area contributed by atoms with Gasteiger partial charge in [-0.15, -0.1) is 0 Å². The molecule has 1 heterocycles. The van der Waals surface area contributed by atoms with Gasteiger partial charge in [0.2, 0.25) is 0 Å². The predicted molar refractivity (Wildman–Crippen MR) is 63.3 cm³/mol. The minimum Gasteiger partial charge on any atom is -0.344 e. The van der Waals surface area contributed by atoms with Gasteiger partial charge in [-0.05, 0) is 20.9 Å². The zero-order valence-corrected chi connectivity index (χ0v) is 10.1. The Labute approximate surface area is 96.8 Å². The Hall–Kier alpha value is -0.900. The third kappa shape index (κ3) is 2.26. The highest BCUT2D eigenvalue weighted by Gasteiger charge is 2.34. The summed E-state index contributed by atoms with van der Waals surface area (Å²) in [4.78, 5) is 0. The van der Waals surface area contributed by atoms with Crippen LogP contribution in [0.3, 0.4) is 0 Å². The molecule has 2 rings (SSSR count). The Kier molecular flexibility index (Phi) is 3.28. The molecule has 3 heteroatoms. The molecule has 0 bridgehead atoms. The largest absolute Gasteiger partial charge is 0.344 e. The fourth-order valence-electron chi connectivity index (χ4n) is 1.80. The predicted octanol–water partition coefficient (Wildman–Crippen LogP) is 1.80. The fourth-order valence-corrected chi connectivity index (χ4v) is 1.80. The van der Waals surface area contributed by atoms with Crippen LogP contribution in [-0.4, -0.2) is 26.3 Å². The molecule has 16 heavy (non-hydrogen) atoms. The van der Waals surface area contributed by atoms with Crippen LogP contribution in [0.5, 0.6) is 0 Å². The van der Waals surface area contributed by atoms with Crippen molar-refractivity contribution in [3.8, 4) is 0 Å². The van der Waals surface area contributed by atoms with Gasteiger partial charge in [-0.1, -0.05) is 29.8 Å². The van der Waals surface area contributed by atoms with Gasteiger partial charge in [-0.25, -0.2) is 0 Å². The lowest BCUT2D eigenvalue weighted by molar-refractivity contribution is -0.272. The Morgan fingerprint density at radius 3 is 2.25 bits per heavy atom. The van der Waals surface area contributed by atoms with Crippen molar-refractivity contribution in [3.63, 3.8) is 0 Å². The lowest BCUT2D eigenvalue weighted by Crippen LogP contribution is -2.47. The Balaban J connectivity index is 2.11. The van der Waals surface area contributed by atoms with Crippen molar-refractivity contribution in [1.82, 2.24) is 5.32 Å². The van der Waals surface area contributed by atoms with Crippen LogP contribution in [0, 0.1) is 6.92 Å². The zero-order valence-electron chi connectivity index (χ0n) is 10.1. The first-order valence-electron chi connectivity index (χ1n) is 5.66. The fraction of sp³-hybridized carbons (Fsp3) is 0.538. The Bertz CT molecular complexity index is 339. The molecule has 1 fully saturated rings. The maximum atomic E-state index is 5.81. The summed E-state index contributed by atoms with van der Waals surface area (Å²) < 4.78 is 11.6. The third-order valence-electron chi connectivity index (χ3n) is 3.10. The Morgan fingerprint density at radius 1 is 1.19 bits per heavy atom. The van der Waals surface area contributed by atoms with Crippen molar-refractivity contribution in [3.05, 3.63) is 35.4 Å². The minimum absolute atomic E-state index is 0.290. The van der Waals surface area contributed by atoms with Crippen LogP contribution < -0.4 is 5.32 Å². The topological polar surface area (TPSA) is 30.5 Å². The summed E-state index contributed by atoms with van der Waals surface area (Å²) in [5, 5.41) is 3.15. The number of aryl methyl sites for hydroxylation is 1. The number of benzene rings is 1. The molecule has 1 aliphatic rings. The van der Waals surface area contributed by atoms with E-state index in [0.29, 0.717) is 19.3 Å². The second-order valence-electron chi connectivity index (χ2n) is 4.42. The van der Waals surface area contributed by atoms with E-state index in [-0.39, 0.29) is 0 Å². The summed E-state index contributed by atoms with van der Waals surface area (Å²) in [6.07, 6.45) is 0. The maximum Gasteiger partial charge on any atom is 0.192 e. The highest BCUT2D eigenvalue weighted by atomic mass is 16.7. The van der Waals surface area contributed by atoms with Crippen molar-refractivity contribution in [2.75, 3.05) is 20.3 Å². The molecular weight excluding hydrogens is 202 g/mol. The molecule has 0 aromatic heterocycles. The second kappa shape index (κ2) is 4.53. The van der Waals surface area contributed by atoms with Crippen LogP contribution in [0.2, 0.25) is 0 Å². The van der Waals surface area contributed by atoms with Crippen molar-refractivity contribution in [2.24, 2.45) is 0 Å². The number of rotatable bonds is 2. The molecule has 0 spiro atoms. The molecule has 0 aliphatic carbocycles. The van der Waals surface area contributed by atoms with Crippen molar-refractivity contribution in [1.29, 1.82) is 0 Å². The van der Waals surface area contributed by atoms with Gasteiger partial charge in [0.05, 0.1) is 19.3 Å². The quantitative estimate of drug-likeness (QED) is 0.826. The molecular formula is C13H19NO2. The van der Waals surface area contributed by atoms with Gasteiger partial charge in [0, 0.05) is 5.56 Å². The van der Waals surface area contributed by atoms with E-state index in [0.717, 1.165) is 5.56 Å². The van der Waals surface area contributed by atoms with E-state index in [1.54, 1.807) is 0 Å². The first-order valence-corrected chi connectivity index (χ1v) is 5.66. The summed E-state index contributed by atoms with van der Waals surface area (Å²) >= 11 is 0. The number of hydrogen-bond acceptors (Lipinski definition) is 3. The highest BCUT2D eigenvalue weighted by Crippen LogP contribution is 2.30. The number of nitrogens with one attached hydrogen (secondary N) is 1. The van der Waals surface area contributed by atoms with Crippen LogP contribution >= 0.6 is 0 Å². The smallest absolute Gasteiger partial charge is 0.192 e. The molecule has 1 saturated heterocycles. The first-order chi connectivity index (χ1) is 7.64. The number of likely N-dealkylation sites (N-methyl/N-ethyl adjacent to an activating group) is 1. The van der Waals surface area contributed by atoms with Crippen LogP contribution in [0.15, 0.2) is 24.3 Å². The zero-order chi connectivity index (χ0) is 11.6. The SMILES string of the molecule is CNC1COC(C)(c2ccc(C)cc2)OC1. The normalized spacial score (nSPS) is 30.3. The van der Waals surface area contributed by atoms with E-state index in [4.69, 9.17) is 9.47 Å². The van der Waals surface area contributed by atoms with Gasteiger partial charge < -0.3 is 14.8 Å². The average molecular weight is 221 g/mol. The number of hydrogen-bond donors (Lipinski definition) is 1. The van der Waals surface area contributed by atoms with Crippen molar-refractivity contribution < 1.29 is 9.47 Å². The van der Waals surface area contributed by atoms with Crippen LogP contribution in [0.4, 0.5) is 0 Å². The van der Waals surface area contributed by atoms with E-state index < -0.39 is 5.79 Å². The monoisotopic (exact) mass is 221 g/mol. The lowest BCUT2D eigenvalue weighted by atomic mass is 10.0. The molecule has 3 nitrogen and oxygen atoms in total. The molecule has 88 valence electrons. The number of ether oxygens (including phenoxy) is 2. The summed E-state index contributed by atoms with van der Waals surface area (Å²) in [5.74, 6) is -0.596. The van der Waals surface area contributed by atoms with Gasteiger partial charge in [0.1, 0.15) is 0 Å². The van der Waals surface area contributed by atoms with Crippen LogP contribution in [0.1, 0.15) is 18.1 Å². The summed E-state index contributed by atoms with van der Waals surface area (Å²) in [6.45, 7) is 5.41. The molecule has 1 aromatic carbocycles. The van der Waals surface area contributed by atoms with Crippen molar-refractivity contribution >= 4 is 0 Å². The summed E-state index contributed by atoms with van der Waals surface area (Å²) in [5.41, 5.74) is 2.32. The van der Waals surface area contributed by atoms with Crippen LogP contribution in [-0.2, 0) is 15.3 Å². The van der Waals surface area contributed by atoms with E-state index in [1.807, 2.05) is 14.0 Å². The summed E-state index contributed by atoms with van der Waals surface area (Å²) in [7, 11) is 1.92. The molecule has 0 saturated carbocycles. The standard InChI is InChI=1S/C13H19NO2/c1-10-4-6-11(7-5-10)13(2)15-8-12(14-3)9-16-13/h4-7,12,14H,8-9H2,1-3H3.